The second-order valence-corrected chi connectivity index (χ2v) is 6.93. The minimum Gasteiger partial charge on any atom is -0.497 e. The van der Waals surface area contributed by atoms with Crippen molar-refractivity contribution in [3.8, 4) is 11.5 Å². The third kappa shape index (κ3) is 3.76. The van der Waals surface area contributed by atoms with Gasteiger partial charge in [0, 0.05) is 29.9 Å². The van der Waals surface area contributed by atoms with E-state index in [-0.39, 0.29) is 11.8 Å². The number of ether oxygens (including phenoxy) is 2. The van der Waals surface area contributed by atoms with Gasteiger partial charge < -0.3 is 14.8 Å². The second kappa shape index (κ2) is 5.69. The van der Waals surface area contributed by atoms with Gasteiger partial charge in [-0.25, -0.2) is 8.42 Å². The lowest BCUT2D eigenvalue weighted by atomic mass is 10.1. The average Bonchev–Trinajstić information content (AvgIpc) is 2.37. The van der Waals surface area contributed by atoms with Crippen LogP contribution >= 0.6 is 0 Å². The third-order valence-electron chi connectivity index (χ3n) is 3.19. The van der Waals surface area contributed by atoms with Crippen LogP contribution in [-0.2, 0) is 9.84 Å². The van der Waals surface area contributed by atoms with Crippen LogP contribution in [0.15, 0.2) is 18.2 Å². The predicted molar refractivity (Wildman–Crippen MR) is 74.8 cm³/mol. The molecule has 2 rings (SSSR count). The first-order valence-corrected chi connectivity index (χ1v) is 8.04. The Labute approximate surface area is 113 Å². The number of hydrogen-bond donors (Lipinski definition) is 1. The summed E-state index contributed by atoms with van der Waals surface area (Å²) in [6, 6.07) is 5.41. The molecule has 1 fully saturated rings. The summed E-state index contributed by atoms with van der Waals surface area (Å²) in [4.78, 5) is 0. The van der Waals surface area contributed by atoms with Crippen molar-refractivity contribution in [1.29, 1.82) is 0 Å². The molecule has 0 radical (unpaired) electrons. The Morgan fingerprint density at radius 1 is 1.16 bits per heavy atom. The van der Waals surface area contributed by atoms with E-state index in [4.69, 9.17) is 9.47 Å². The minimum absolute atomic E-state index is 0.0458. The molecule has 5 nitrogen and oxygen atoms in total. The largest absolute Gasteiger partial charge is 0.497 e. The highest BCUT2D eigenvalue weighted by atomic mass is 32.2. The van der Waals surface area contributed by atoms with Gasteiger partial charge in [-0.3, -0.25) is 0 Å². The van der Waals surface area contributed by atoms with E-state index >= 15 is 0 Å². The van der Waals surface area contributed by atoms with Crippen LogP contribution in [0.4, 0.5) is 5.69 Å². The number of rotatable bonds is 4. The van der Waals surface area contributed by atoms with Crippen molar-refractivity contribution >= 4 is 15.5 Å². The first kappa shape index (κ1) is 14.0. The van der Waals surface area contributed by atoms with Crippen LogP contribution in [0.5, 0.6) is 11.5 Å². The van der Waals surface area contributed by atoms with E-state index in [2.05, 4.69) is 5.32 Å². The lowest BCUT2D eigenvalue weighted by Gasteiger charge is -2.24. The van der Waals surface area contributed by atoms with Crippen molar-refractivity contribution in [1.82, 2.24) is 0 Å². The Morgan fingerprint density at radius 2 is 1.79 bits per heavy atom. The van der Waals surface area contributed by atoms with Crippen LogP contribution < -0.4 is 14.8 Å². The van der Waals surface area contributed by atoms with E-state index in [0.717, 1.165) is 12.1 Å². The molecule has 0 aliphatic carbocycles. The van der Waals surface area contributed by atoms with Gasteiger partial charge in [0.1, 0.15) is 11.5 Å². The molecule has 1 N–H and O–H groups in total. The van der Waals surface area contributed by atoms with Gasteiger partial charge in [0.05, 0.1) is 25.7 Å². The molecule has 1 saturated heterocycles. The van der Waals surface area contributed by atoms with E-state index in [1.807, 2.05) is 12.1 Å². The van der Waals surface area contributed by atoms with Crippen molar-refractivity contribution < 1.29 is 17.9 Å². The lowest BCUT2D eigenvalue weighted by Crippen LogP contribution is -2.34. The summed E-state index contributed by atoms with van der Waals surface area (Å²) >= 11 is 0. The molecule has 0 spiro atoms. The van der Waals surface area contributed by atoms with Crippen molar-refractivity contribution in [3.63, 3.8) is 0 Å². The van der Waals surface area contributed by atoms with Crippen molar-refractivity contribution in [2.24, 2.45) is 0 Å². The lowest BCUT2D eigenvalue weighted by molar-refractivity contribution is 0.394. The monoisotopic (exact) mass is 285 g/mol. The third-order valence-corrected chi connectivity index (χ3v) is 5.01. The standard InChI is InChI=1S/C13H19NO4S/c1-17-12-6-11(7-13(8-12)18-2)14-10-4-3-5-19(15,16)9-10/h6-8,10,14H,3-5,9H2,1-2H3. The zero-order valence-corrected chi connectivity index (χ0v) is 12.0. The van der Waals surface area contributed by atoms with Crippen molar-refractivity contribution in [2.45, 2.75) is 18.9 Å². The Morgan fingerprint density at radius 3 is 2.32 bits per heavy atom. The molecule has 1 aromatic rings. The number of methoxy groups -OCH3 is 2. The number of anilines is 1. The molecule has 6 heteroatoms. The molecule has 1 aliphatic rings. The normalized spacial score (nSPS) is 21.7. The van der Waals surface area contributed by atoms with E-state index < -0.39 is 9.84 Å². The van der Waals surface area contributed by atoms with Crippen molar-refractivity contribution in [2.75, 3.05) is 31.0 Å². The van der Waals surface area contributed by atoms with Crippen LogP contribution in [0, 0.1) is 0 Å². The van der Waals surface area contributed by atoms with Gasteiger partial charge in [-0.1, -0.05) is 0 Å². The summed E-state index contributed by atoms with van der Waals surface area (Å²) in [5, 5.41) is 3.25. The molecule has 1 aliphatic heterocycles. The number of nitrogens with one attached hydrogen (secondary N) is 1. The average molecular weight is 285 g/mol. The van der Waals surface area contributed by atoms with Gasteiger partial charge in [-0.15, -0.1) is 0 Å². The van der Waals surface area contributed by atoms with Crippen LogP contribution in [0.25, 0.3) is 0 Å². The maximum atomic E-state index is 11.6. The van der Waals surface area contributed by atoms with Crippen molar-refractivity contribution in [3.05, 3.63) is 18.2 Å². The topological polar surface area (TPSA) is 64.6 Å². The Hall–Kier alpha value is -1.43. The van der Waals surface area contributed by atoms with E-state index in [0.29, 0.717) is 23.7 Å². The molecule has 0 saturated carbocycles. The van der Waals surface area contributed by atoms with Gasteiger partial charge in [-0.05, 0) is 12.8 Å². The van der Waals surface area contributed by atoms with Crippen LogP contribution in [0.1, 0.15) is 12.8 Å². The van der Waals surface area contributed by atoms with E-state index in [9.17, 15) is 8.42 Å². The molecular weight excluding hydrogens is 266 g/mol. The summed E-state index contributed by atoms with van der Waals surface area (Å²) in [5.41, 5.74) is 0.818. The maximum Gasteiger partial charge on any atom is 0.152 e. The Bertz CT molecular complexity index is 519. The summed E-state index contributed by atoms with van der Waals surface area (Å²) < 4.78 is 33.6. The van der Waals surface area contributed by atoms with Gasteiger partial charge >= 0.3 is 0 Å². The fourth-order valence-electron chi connectivity index (χ4n) is 2.26. The quantitative estimate of drug-likeness (QED) is 0.912. The zero-order valence-electron chi connectivity index (χ0n) is 11.2. The van der Waals surface area contributed by atoms with E-state index in [1.165, 1.54) is 0 Å². The fraction of sp³-hybridized carbons (Fsp3) is 0.538. The number of benzene rings is 1. The Kier molecular flexibility index (Phi) is 4.19. The molecule has 1 unspecified atom stereocenters. The Balaban J connectivity index is 2.14. The van der Waals surface area contributed by atoms with Crippen LogP contribution in [0.2, 0.25) is 0 Å². The molecule has 19 heavy (non-hydrogen) atoms. The van der Waals surface area contributed by atoms with Gasteiger partial charge in [-0.2, -0.15) is 0 Å². The van der Waals surface area contributed by atoms with Gasteiger partial charge in [0.25, 0.3) is 0 Å². The molecule has 1 aromatic carbocycles. The molecule has 0 aromatic heterocycles. The summed E-state index contributed by atoms with van der Waals surface area (Å²) in [6.45, 7) is 0. The highest BCUT2D eigenvalue weighted by Gasteiger charge is 2.24. The van der Waals surface area contributed by atoms with Crippen LogP contribution in [0.3, 0.4) is 0 Å². The highest BCUT2D eigenvalue weighted by Crippen LogP contribution is 2.27. The first-order valence-electron chi connectivity index (χ1n) is 6.22. The molecular formula is C13H19NO4S. The zero-order chi connectivity index (χ0) is 13.9. The molecule has 1 heterocycles. The van der Waals surface area contributed by atoms with Crippen LogP contribution in [-0.4, -0.2) is 40.2 Å². The summed E-state index contributed by atoms with van der Waals surface area (Å²) in [7, 11) is 0.265. The molecule has 0 bridgehead atoms. The van der Waals surface area contributed by atoms with Gasteiger partial charge in [0.2, 0.25) is 0 Å². The summed E-state index contributed by atoms with van der Waals surface area (Å²) in [5.74, 6) is 1.85. The highest BCUT2D eigenvalue weighted by molar-refractivity contribution is 7.91. The minimum atomic E-state index is -2.91. The molecule has 106 valence electrons. The predicted octanol–water partition coefficient (Wildman–Crippen LogP) is 1.69. The summed E-state index contributed by atoms with van der Waals surface area (Å²) in [6.07, 6.45) is 1.57. The SMILES string of the molecule is COc1cc(NC2CCCS(=O)(=O)C2)cc(OC)c1. The number of sulfone groups is 1. The smallest absolute Gasteiger partial charge is 0.152 e. The molecule has 1 atom stereocenters. The fourth-order valence-corrected chi connectivity index (χ4v) is 3.90. The number of hydrogen-bond acceptors (Lipinski definition) is 5. The van der Waals surface area contributed by atoms with Gasteiger partial charge in [0.15, 0.2) is 9.84 Å². The molecule has 0 amide bonds. The maximum absolute atomic E-state index is 11.6. The first-order chi connectivity index (χ1) is 9.02. The van der Waals surface area contributed by atoms with E-state index in [1.54, 1.807) is 20.3 Å². The second-order valence-electron chi connectivity index (χ2n) is 4.70.